The Morgan fingerprint density at radius 2 is 1.74 bits per heavy atom. The predicted molar refractivity (Wildman–Crippen MR) is 127 cm³/mol. The number of rotatable bonds is 12. The van der Waals surface area contributed by atoms with E-state index in [9.17, 15) is 13.2 Å². The Kier molecular flexibility index (Phi) is 9.51. The molecule has 0 aliphatic rings. The van der Waals surface area contributed by atoms with Crippen LogP contribution < -0.4 is 19.1 Å². The lowest BCUT2D eigenvalue weighted by Crippen LogP contribution is -2.40. The number of hydrogen-bond donors (Lipinski definition) is 1. The fourth-order valence-corrected chi connectivity index (χ4v) is 4.61. The molecule has 31 heavy (non-hydrogen) atoms. The van der Waals surface area contributed by atoms with E-state index in [1.165, 1.54) is 31.4 Å². The number of ether oxygens (including phenoxy) is 2. The van der Waals surface area contributed by atoms with E-state index in [0.29, 0.717) is 23.7 Å². The Morgan fingerprint density at radius 1 is 1.06 bits per heavy atom. The molecule has 2 aromatic rings. The van der Waals surface area contributed by atoms with Crippen LogP contribution in [-0.2, 0) is 20.6 Å². The van der Waals surface area contributed by atoms with Crippen LogP contribution in [0.3, 0.4) is 0 Å². The molecule has 0 fully saturated rings. The zero-order valence-corrected chi connectivity index (χ0v) is 20.0. The number of nitrogens with one attached hydrogen (secondary N) is 1. The van der Waals surface area contributed by atoms with Crippen molar-refractivity contribution in [3.63, 3.8) is 0 Å². The highest BCUT2D eigenvalue weighted by Gasteiger charge is 2.22. The smallest absolute Gasteiger partial charge is 0.240 e. The standard InChI is InChI=1S/C22H30N2O5S2/c1-17-6-8-18(9-7-17)16-30-13-5-12-23-22(25)15-24(31(4,26)27)19-10-11-20(28-2)21(14-19)29-3/h6-11,14H,5,12-13,15-16H2,1-4H3,(H,23,25). The number of sulfonamides is 1. The summed E-state index contributed by atoms with van der Waals surface area (Å²) in [5.41, 5.74) is 2.86. The molecule has 0 heterocycles. The zero-order chi connectivity index (χ0) is 22.9. The van der Waals surface area contributed by atoms with Crippen molar-refractivity contribution in [2.45, 2.75) is 19.1 Å². The van der Waals surface area contributed by atoms with Crippen molar-refractivity contribution in [2.24, 2.45) is 0 Å². The van der Waals surface area contributed by atoms with Gasteiger partial charge in [-0.2, -0.15) is 11.8 Å². The molecule has 0 aromatic heterocycles. The van der Waals surface area contributed by atoms with E-state index in [1.54, 1.807) is 23.9 Å². The summed E-state index contributed by atoms with van der Waals surface area (Å²) in [6.07, 6.45) is 1.87. The minimum absolute atomic E-state index is 0.301. The number of hydrogen-bond acceptors (Lipinski definition) is 6. The van der Waals surface area contributed by atoms with E-state index in [2.05, 4.69) is 36.5 Å². The maximum Gasteiger partial charge on any atom is 0.240 e. The van der Waals surface area contributed by atoms with Gasteiger partial charge in [-0.25, -0.2) is 8.42 Å². The topological polar surface area (TPSA) is 84.9 Å². The van der Waals surface area contributed by atoms with Gasteiger partial charge >= 0.3 is 0 Å². The van der Waals surface area contributed by atoms with Gasteiger partial charge in [0.2, 0.25) is 15.9 Å². The van der Waals surface area contributed by atoms with Gasteiger partial charge in [-0.15, -0.1) is 0 Å². The van der Waals surface area contributed by atoms with Crippen LogP contribution in [0.2, 0.25) is 0 Å². The molecule has 0 unspecified atom stereocenters. The highest BCUT2D eigenvalue weighted by molar-refractivity contribution is 7.98. The monoisotopic (exact) mass is 466 g/mol. The number of carbonyl (C=O) groups excluding carboxylic acids is 1. The molecule has 2 rings (SSSR count). The van der Waals surface area contributed by atoms with Crippen LogP contribution in [-0.4, -0.2) is 53.6 Å². The number of anilines is 1. The van der Waals surface area contributed by atoms with E-state index >= 15 is 0 Å². The largest absolute Gasteiger partial charge is 0.493 e. The first-order valence-corrected chi connectivity index (χ1v) is 12.8. The molecule has 0 saturated carbocycles. The van der Waals surface area contributed by atoms with Gasteiger partial charge in [0.1, 0.15) is 6.54 Å². The quantitative estimate of drug-likeness (QED) is 0.484. The van der Waals surface area contributed by atoms with Gasteiger partial charge in [0.25, 0.3) is 0 Å². The predicted octanol–water partition coefficient (Wildman–Crippen LogP) is 3.22. The minimum Gasteiger partial charge on any atom is -0.493 e. The second-order valence-corrected chi connectivity index (χ2v) is 10.1. The number of amides is 1. The summed E-state index contributed by atoms with van der Waals surface area (Å²) in [4.78, 5) is 12.4. The number of thioether (sulfide) groups is 1. The molecule has 1 N–H and O–H groups in total. The number of nitrogens with zero attached hydrogens (tertiary/aromatic N) is 1. The molecular formula is C22H30N2O5S2. The van der Waals surface area contributed by atoms with E-state index in [4.69, 9.17) is 9.47 Å². The van der Waals surface area contributed by atoms with Gasteiger partial charge in [0.15, 0.2) is 11.5 Å². The Labute approximate surface area is 189 Å². The van der Waals surface area contributed by atoms with Gasteiger partial charge < -0.3 is 14.8 Å². The molecule has 0 radical (unpaired) electrons. The summed E-state index contributed by atoms with van der Waals surface area (Å²) in [6, 6.07) is 13.2. The van der Waals surface area contributed by atoms with Crippen LogP contribution in [0.1, 0.15) is 17.5 Å². The third kappa shape index (κ3) is 7.99. The lowest BCUT2D eigenvalue weighted by Gasteiger charge is -2.23. The van der Waals surface area contributed by atoms with Gasteiger partial charge in [-0.1, -0.05) is 29.8 Å². The number of aryl methyl sites for hydroxylation is 1. The third-order valence-corrected chi connectivity index (χ3v) is 6.77. The summed E-state index contributed by atoms with van der Waals surface area (Å²) < 4.78 is 36.0. The zero-order valence-electron chi connectivity index (χ0n) is 18.4. The van der Waals surface area contributed by atoms with E-state index in [0.717, 1.165) is 28.5 Å². The first kappa shape index (κ1) is 24.9. The van der Waals surface area contributed by atoms with Crippen molar-refractivity contribution >= 4 is 33.4 Å². The van der Waals surface area contributed by atoms with Crippen LogP contribution in [0.25, 0.3) is 0 Å². The maximum atomic E-state index is 12.4. The Balaban J connectivity index is 1.84. The van der Waals surface area contributed by atoms with Crippen LogP contribution in [0.15, 0.2) is 42.5 Å². The molecule has 0 atom stereocenters. The molecule has 1 amide bonds. The van der Waals surface area contributed by atoms with Crippen LogP contribution >= 0.6 is 11.8 Å². The van der Waals surface area contributed by atoms with Crippen molar-refractivity contribution in [1.82, 2.24) is 5.32 Å². The van der Waals surface area contributed by atoms with Crippen molar-refractivity contribution in [2.75, 3.05) is 43.6 Å². The molecule has 0 bridgehead atoms. The third-order valence-electron chi connectivity index (χ3n) is 4.52. The molecule has 0 spiro atoms. The molecule has 2 aromatic carbocycles. The molecule has 0 saturated heterocycles. The molecule has 9 heteroatoms. The maximum absolute atomic E-state index is 12.4. The molecule has 0 aliphatic carbocycles. The first-order chi connectivity index (χ1) is 14.7. The summed E-state index contributed by atoms with van der Waals surface area (Å²) in [7, 11) is -0.692. The normalized spacial score (nSPS) is 11.1. The van der Waals surface area contributed by atoms with Crippen LogP contribution in [0.4, 0.5) is 5.69 Å². The first-order valence-electron chi connectivity index (χ1n) is 9.84. The summed E-state index contributed by atoms with van der Waals surface area (Å²) >= 11 is 1.80. The van der Waals surface area contributed by atoms with Crippen LogP contribution in [0.5, 0.6) is 11.5 Å². The Bertz CT molecular complexity index is 962. The van der Waals surface area contributed by atoms with Gasteiger partial charge in [-0.05, 0) is 36.8 Å². The highest BCUT2D eigenvalue weighted by Crippen LogP contribution is 2.32. The van der Waals surface area contributed by atoms with Crippen molar-refractivity contribution in [1.29, 1.82) is 0 Å². The van der Waals surface area contributed by atoms with Gasteiger partial charge in [0.05, 0.1) is 26.2 Å². The van der Waals surface area contributed by atoms with E-state index in [1.807, 2.05) is 0 Å². The fourth-order valence-electron chi connectivity index (χ4n) is 2.84. The van der Waals surface area contributed by atoms with Gasteiger partial charge in [-0.3, -0.25) is 9.10 Å². The van der Waals surface area contributed by atoms with Gasteiger partial charge in [0, 0.05) is 18.4 Å². The average Bonchev–Trinajstić information content (AvgIpc) is 2.74. The van der Waals surface area contributed by atoms with Crippen molar-refractivity contribution in [3.05, 3.63) is 53.6 Å². The van der Waals surface area contributed by atoms with Crippen LogP contribution in [0, 0.1) is 6.92 Å². The lowest BCUT2D eigenvalue weighted by atomic mass is 10.2. The van der Waals surface area contributed by atoms with Crippen molar-refractivity contribution < 1.29 is 22.7 Å². The number of methoxy groups -OCH3 is 2. The van der Waals surface area contributed by atoms with Crippen molar-refractivity contribution in [3.8, 4) is 11.5 Å². The minimum atomic E-state index is -3.66. The Morgan fingerprint density at radius 3 is 2.35 bits per heavy atom. The number of benzene rings is 2. The molecule has 0 aliphatic heterocycles. The lowest BCUT2D eigenvalue weighted by molar-refractivity contribution is -0.119. The van der Waals surface area contributed by atoms with E-state index in [-0.39, 0.29) is 12.5 Å². The SMILES string of the molecule is COc1ccc(N(CC(=O)NCCCSCc2ccc(C)cc2)S(C)(=O)=O)cc1OC. The summed E-state index contributed by atoms with van der Waals surface area (Å²) in [5, 5.41) is 2.80. The second kappa shape index (κ2) is 11.9. The highest BCUT2D eigenvalue weighted by atomic mass is 32.2. The second-order valence-electron chi connectivity index (χ2n) is 7.05. The molecular weight excluding hydrogens is 436 g/mol. The average molecular weight is 467 g/mol. The summed E-state index contributed by atoms with van der Waals surface area (Å²) in [5.74, 6) is 2.34. The Hall–Kier alpha value is -2.39. The fraction of sp³-hybridized carbons (Fsp3) is 0.409. The summed E-state index contributed by atoms with van der Waals surface area (Å²) in [6.45, 7) is 2.25. The van der Waals surface area contributed by atoms with E-state index < -0.39 is 10.0 Å². The number of carbonyl (C=O) groups is 1. The molecule has 170 valence electrons. The molecule has 7 nitrogen and oxygen atoms in total.